The number of hydrogen-bond donors (Lipinski definition) is 2. The third-order valence-corrected chi connectivity index (χ3v) is 4.67. The second-order valence-corrected chi connectivity index (χ2v) is 6.46. The van der Waals surface area contributed by atoms with Gasteiger partial charge in [0, 0.05) is 35.8 Å². The number of rotatable bonds is 13. The van der Waals surface area contributed by atoms with Crippen LogP contribution in [0.25, 0.3) is 0 Å². The van der Waals surface area contributed by atoms with Gasteiger partial charge in [0.25, 0.3) is 11.1 Å². The normalized spacial score (nSPS) is 16.8. The van der Waals surface area contributed by atoms with E-state index in [1.54, 1.807) is 37.7 Å². The van der Waals surface area contributed by atoms with Crippen molar-refractivity contribution in [3.63, 3.8) is 0 Å². The van der Waals surface area contributed by atoms with Crippen molar-refractivity contribution in [3.05, 3.63) is 20.2 Å². The first-order chi connectivity index (χ1) is 11.1. The number of hydrogen-bond acceptors (Lipinski definition) is 8. The second kappa shape index (κ2) is 9.82. The summed E-state index contributed by atoms with van der Waals surface area (Å²) in [6.45, 7) is 3.33. The van der Waals surface area contributed by atoms with Crippen LogP contribution in [-0.4, -0.2) is 94.4 Å². The van der Waals surface area contributed by atoms with Gasteiger partial charge in [-0.2, -0.15) is 0 Å². The van der Waals surface area contributed by atoms with Gasteiger partial charge in [-0.25, -0.2) is 0 Å². The van der Waals surface area contributed by atoms with Gasteiger partial charge in [0.2, 0.25) is 0 Å². The van der Waals surface area contributed by atoms with E-state index < -0.39 is 34.1 Å². The first kappa shape index (κ1) is 22.6. The minimum absolute atomic E-state index is 0.0923. The van der Waals surface area contributed by atoms with Crippen LogP contribution in [0.15, 0.2) is 0 Å². The Morgan fingerprint density at radius 2 is 1.12 bits per heavy atom. The maximum Gasteiger partial charge on any atom is 0.256 e. The molecule has 0 radical (unpaired) electrons. The van der Waals surface area contributed by atoms with Crippen LogP contribution in [0.5, 0.6) is 0 Å². The summed E-state index contributed by atoms with van der Waals surface area (Å²) in [5, 5.41) is 41.1. The largest absolute Gasteiger partial charge is 0.389 e. The van der Waals surface area contributed by atoms with Crippen molar-refractivity contribution < 1.29 is 20.1 Å². The zero-order valence-corrected chi connectivity index (χ0v) is 15.0. The average molecular weight is 350 g/mol. The maximum absolute atomic E-state index is 11.2. The summed E-state index contributed by atoms with van der Waals surface area (Å²) in [6, 6.07) is 0. The van der Waals surface area contributed by atoms with Crippen LogP contribution in [0, 0.1) is 20.2 Å². The summed E-state index contributed by atoms with van der Waals surface area (Å²) >= 11 is 0. The topological polar surface area (TPSA) is 133 Å². The summed E-state index contributed by atoms with van der Waals surface area (Å²) in [4.78, 5) is 25.0. The highest BCUT2D eigenvalue weighted by Gasteiger charge is 2.42. The Bertz CT molecular complexity index is 374. The van der Waals surface area contributed by atoms with E-state index in [1.807, 2.05) is 0 Å². The fourth-order valence-electron chi connectivity index (χ4n) is 2.54. The molecular weight excluding hydrogens is 320 g/mol. The molecule has 0 aromatic rings. The molecule has 0 amide bonds. The lowest BCUT2D eigenvalue weighted by Crippen LogP contribution is -2.53. The predicted molar refractivity (Wildman–Crippen MR) is 89.2 cm³/mol. The standard InChI is InChI=1S/C14H30N4O6/c1-5-13(11-19,17(21)22)9-15(3)7-8-16(4)10-14(6-2,12-20)18(23)24/h19-20H,5-12H2,1-4H3. The number of aliphatic hydroxyl groups excluding tert-OH is 2. The highest BCUT2D eigenvalue weighted by Crippen LogP contribution is 2.17. The van der Waals surface area contributed by atoms with Gasteiger partial charge in [0.05, 0.1) is 13.1 Å². The highest BCUT2D eigenvalue weighted by atomic mass is 16.6. The van der Waals surface area contributed by atoms with Crippen LogP contribution in [0.4, 0.5) is 0 Å². The Hall–Kier alpha value is -1.36. The number of nitro groups is 2. The molecule has 0 fully saturated rings. The van der Waals surface area contributed by atoms with Gasteiger partial charge in [-0.3, -0.25) is 30.0 Å². The van der Waals surface area contributed by atoms with Gasteiger partial charge in [0.15, 0.2) is 0 Å². The van der Waals surface area contributed by atoms with Gasteiger partial charge in [-0.15, -0.1) is 0 Å². The van der Waals surface area contributed by atoms with Crippen LogP contribution in [0.1, 0.15) is 26.7 Å². The minimum atomic E-state index is -1.40. The zero-order chi connectivity index (χ0) is 19.0. The molecule has 2 N–H and O–H groups in total. The number of aliphatic hydroxyl groups is 2. The van der Waals surface area contributed by atoms with E-state index in [0.29, 0.717) is 13.1 Å². The van der Waals surface area contributed by atoms with Gasteiger partial charge in [0.1, 0.15) is 13.2 Å². The lowest BCUT2D eigenvalue weighted by molar-refractivity contribution is -0.575. The molecule has 10 nitrogen and oxygen atoms in total. The van der Waals surface area contributed by atoms with Gasteiger partial charge >= 0.3 is 0 Å². The molecule has 24 heavy (non-hydrogen) atoms. The SMILES string of the molecule is CCC(CO)(CN(C)CCN(C)CC(CC)(CO)[N+](=O)[O-])[N+](=O)[O-]. The Labute approximate surface area is 142 Å². The molecule has 0 saturated heterocycles. The smallest absolute Gasteiger partial charge is 0.256 e. The van der Waals surface area contributed by atoms with Crippen molar-refractivity contribution in [1.29, 1.82) is 0 Å². The Kier molecular flexibility index (Phi) is 9.26. The molecule has 142 valence electrons. The van der Waals surface area contributed by atoms with Crippen molar-refractivity contribution >= 4 is 0 Å². The van der Waals surface area contributed by atoms with E-state index in [-0.39, 0.29) is 25.9 Å². The van der Waals surface area contributed by atoms with Gasteiger partial charge in [-0.05, 0) is 14.1 Å². The van der Waals surface area contributed by atoms with Gasteiger partial charge < -0.3 is 10.2 Å². The number of nitrogens with zero attached hydrogens (tertiary/aromatic N) is 4. The molecule has 0 aromatic carbocycles. The van der Waals surface area contributed by atoms with E-state index in [9.17, 15) is 30.4 Å². The summed E-state index contributed by atoms with van der Waals surface area (Å²) in [7, 11) is 3.42. The quantitative estimate of drug-likeness (QED) is 0.341. The fraction of sp³-hybridized carbons (Fsp3) is 1.00. The molecule has 0 bridgehead atoms. The maximum atomic E-state index is 11.2. The molecule has 0 saturated carbocycles. The van der Waals surface area contributed by atoms with Crippen LogP contribution in [-0.2, 0) is 0 Å². The number of likely N-dealkylation sites (N-methyl/N-ethyl adjacent to an activating group) is 2. The molecule has 2 atom stereocenters. The second-order valence-electron chi connectivity index (χ2n) is 6.46. The van der Waals surface area contributed by atoms with Crippen LogP contribution >= 0.6 is 0 Å². The molecule has 0 aliphatic rings. The predicted octanol–water partition coefficient (Wildman–Crippen LogP) is -0.314. The molecular formula is C14H30N4O6. The monoisotopic (exact) mass is 350 g/mol. The zero-order valence-electron chi connectivity index (χ0n) is 15.0. The molecule has 0 aliphatic carbocycles. The molecule has 10 heteroatoms. The van der Waals surface area contributed by atoms with E-state index in [2.05, 4.69) is 0 Å². The summed E-state index contributed by atoms with van der Waals surface area (Å²) in [6.07, 6.45) is 0.420. The molecule has 0 rings (SSSR count). The summed E-state index contributed by atoms with van der Waals surface area (Å²) in [5.41, 5.74) is -2.79. The molecule has 0 aliphatic heterocycles. The fourth-order valence-corrected chi connectivity index (χ4v) is 2.54. The Morgan fingerprint density at radius 3 is 1.29 bits per heavy atom. The Morgan fingerprint density at radius 1 is 0.833 bits per heavy atom. The third-order valence-electron chi connectivity index (χ3n) is 4.67. The summed E-state index contributed by atoms with van der Waals surface area (Å²) in [5.74, 6) is 0. The third kappa shape index (κ3) is 5.62. The Balaban J connectivity index is 4.67. The van der Waals surface area contributed by atoms with E-state index >= 15 is 0 Å². The van der Waals surface area contributed by atoms with Crippen molar-refractivity contribution in [3.8, 4) is 0 Å². The molecule has 2 unspecified atom stereocenters. The van der Waals surface area contributed by atoms with E-state index in [4.69, 9.17) is 0 Å². The minimum Gasteiger partial charge on any atom is -0.389 e. The summed E-state index contributed by atoms with van der Waals surface area (Å²) < 4.78 is 0. The molecule has 0 spiro atoms. The van der Waals surface area contributed by atoms with Crippen LogP contribution < -0.4 is 0 Å². The van der Waals surface area contributed by atoms with Crippen LogP contribution in [0.3, 0.4) is 0 Å². The van der Waals surface area contributed by atoms with Gasteiger partial charge in [-0.1, -0.05) is 13.8 Å². The lowest BCUT2D eigenvalue weighted by Gasteiger charge is -2.30. The van der Waals surface area contributed by atoms with Crippen molar-refractivity contribution in [2.45, 2.75) is 37.8 Å². The van der Waals surface area contributed by atoms with Crippen molar-refractivity contribution in [1.82, 2.24) is 9.80 Å². The van der Waals surface area contributed by atoms with Crippen molar-refractivity contribution in [2.75, 3.05) is 53.5 Å². The average Bonchev–Trinajstić information content (AvgIpc) is 2.55. The molecule has 0 heterocycles. The van der Waals surface area contributed by atoms with E-state index in [0.717, 1.165) is 0 Å². The molecule has 0 aromatic heterocycles. The first-order valence-corrected chi connectivity index (χ1v) is 8.00. The van der Waals surface area contributed by atoms with E-state index in [1.165, 1.54) is 0 Å². The lowest BCUT2D eigenvalue weighted by atomic mass is 9.97. The van der Waals surface area contributed by atoms with Crippen LogP contribution in [0.2, 0.25) is 0 Å². The first-order valence-electron chi connectivity index (χ1n) is 8.00. The highest BCUT2D eigenvalue weighted by molar-refractivity contribution is 4.83. The van der Waals surface area contributed by atoms with Crippen molar-refractivity contribution in [2.24, 2.45) is 0 Å².